The van der Waals surface area contributed by atoms with Gasteiger partial charge in [0, 0.05) is 12.1 Å². The number of nitrogens with zero attached hydrogens (tertiary/aromatic N) is 2. The van der Waals surface area contributed by atoms with E-state index in [-0.39, 0.29) is 5.69 Å². The molecule has 0 saturated carbocycles. The number of nitro benzene ring substituents is 2. The topological polar surface area (TPSA) is 179 Å². The Morgan fingerprint density at radius 1 is 1.24 bits per heavy atom. The molecule has 0 saturated heterocycles. The molecule has 1 amide bonds. The van der Waals surface area contributed by atoms with Crippen molar-refractivity contribution in [1.82, 2.24) is 0 Å². The molecule has 0 aliphatic carbocycles. The summed E-state index contributed by atoms with van der Waals surface area (Å²) in [6, 6.07) is 2.55. The van der Waals surface area contributed by atoms with E-state index in [1.165, 1.54) is 0 Å². The highest BCUT2D eigenvalue weighted by Crippen LogP contribution is 2.29. The zero-order valence-corrected chi connectivity index (χ0v) is 10.2. The van der Waals surface area contributed by atoms with Gasteiger partial charge >= 0.3 is 5.97 Å². The SMILES string of the molecule is NC(=O)/C=C(/Nc1ccc([N+](=O)[O-])cc1[N+](=O)[O-])C(=O)O. The number of carboxylic acids is 1. The van der Waals surface area contributed by atoms with Gasteiger partial charge in [0.2, 0.25) is 5.91 Å². The van der Waals surface area contributed by atoms with E-state index >= 15 is 0 Å². The molecule has 0 fully saturated rings. The first-order valence-electron chi connectivity index (χ1n) is 5.16. The largest absolute Gasteiger partial charge is 0.477 e. The lowest BCUT2D eigenvalue weighted by molar-refractivity contribution is -0.393. The number of nitrogens with two attached hydrogens (primary N) is 1. The summed E-state index contributed by atoms with van der Waals surface area (Å²) < 4.78 is 0. The molecule has 0 radical (unpaired) electrons. The van der Waals surface area contributed by atoms with Gasteiger partial charge in [-0.2, -0.15) is 0 Å². The average Bonchev–Trinajstić information content (AvgIpc) is 2.37. The van der Waals surface area contributed by atoms with Gasteiger partial charge in [0.1, 0.15) is 11.4 Å². The van der Waals surface area contributed by atoms with E-state index in [1.807, 2.05) is 0 Å². The van der Waals surface area contributed by atoms with E-state index in [9.17, 15) is 29.8 Å². The Morgan fingerprint density at radius 2 is 1.86 bits per heavy atom. The summed E-state index contributed by atoms with van der Waals surface area (Å²) in [6.45, 7) is 0. The Balaban J connectivity index is 3.30. The predicted octanol–water partition coefficient (Wildman–Crippen LogP) is 0.369. The summed E-state index contributed by atoms with van der Waals surface area (Å²) >= 11 is 0. The minimum absolute atomic E-state index is 0.333. The van der Waals surface area contributed by atoms with Crippen molar-refractivity contribution in [2.45, 2.75) is 0 Å². The van der Waals surface area contributed by atoms with Crippen molar-refractivity contribution < 1.29 is 24.5 Å². The fourth-order valence-electron chi connectivity index (χ4n) is 1.33. The lowest BCUT2D eigenvalue weighted by atomic mass is 10.2. The summed E-state index contributed by atoms with van der Waals surface area (Å²) in [5, 5.41) is 32.4. The molecule has 110 valence electrons. The molecule has 21 heavy (non-hydrogen) atoms. The summed E-state index contributed by atoms with van der Waals surface area (Å²) in [5.74, 6) is -2.66. The molecule has 11 nitrogen and oxygen atoms in total. The molecule has 0 aromatic heterocycles. The van der Waals surface area contributed by atoms with Crippen LogP contribution in [-0.2, 0) is 9.59 Å². The van der Waals surface area contributed by atoms with Crippen LogP contribution < -0.4 is 11.1 Å². The first-order chi connectivity index (χ1) is 9.72. The molecule has 1 aromatic rings. The molecule has 0 aliphatic heterocycles. The summed E-state index contributed by atoms with van der Waals surface area (Å²) in [7, 11) is 0. The van der Waals surface area contributed by atoms with Crippen LogP contribution in [0.15, 0.2) is 30.0 Å². The number of hydrogen-bond donors (Lipinski definition) is 3. The standard InChI is InChI=1S/C10H8N4O7/c11-9(15)4-7(10(16)17)12-6-2-1-5(13(18)19)3-8(6)14(20)21/h1-4,12H,(H2,11,15)(H,16,17)/b7-4+. The maximum absolute atomic E-state index is 10.9. The molecule has 0 atom stereocenters. The highest BCUT2D eigenvalue weighted by molar-refractivity contribution is 5.99. The first-order valence-corrected chi connectivity index (χ1v) is 5.16. The van der Waals surface area contributed by atoms with Gasteiger partial charge in [0.05, 0.1) is 15.9 Å². The van der Waals surface area contributed by atoms with Crippen molar-refractivity contribution in [3.8, 4) is 0 Å². The average molecular weight is 296 g/mol. The van der Waals surface area contributed by atoms with Crippen LogP contribution in [0.2, 0.25) is 0 Å². The molecule has 11 heteroatoms. The van der Waals surface area contributed by atoms with Crippen LogP contribution in [0.25, 0.3) is 0 Å². The Kier molecular flexibility index (Phi) is 4.52. The fourth-order valence-corrected chi connectivity index (χ4v) is 1.33. The smallest absolute Gasteiger partial charge is 0.352 e. The lowest BCUT2D eigenvalue weighted by Gasteiger charge is -2.07. The van der Waals surface area contributed by atoms with Gasteiger partial charge in [-0.1, -0.05) is 0 Å². The van der Waals surface area contributed by atoms with Gasteiger partial charge in [0.25, 0.3) is 11.4 Å². The molecule has 0 spiro atoms. The van der Waals surface area contributed by atoms with Crippen LogP contribution in [0.3, 0.4) is 0 Å². The number of nitrogens with one attached hydrogen (secondary N) is 1. The number of primary amides is 1. The summed E-state index contributed by atoms with van der Waals surface area (Å²) in [4.78, 5) is 41.2. The van der Waals surface area contributed by atoms with Crippen molar-refractivity contribution >= 4 is 28.9 Å². The third-order valence-electron chi connectivity index (χ3n) is 2.18. The number of hydrogen-bond acceptors (Lipinski definition) is 7. The lowest BCUT2D eigenvalue weighted by Crippen LogP contribution is -2.16. The van der Waals surface area contributed by atoms with E-state index in [1.54, 1.807) is 0 Å². The van der Waals surface area contributed by atoms with Crippen LogP contribution in [0.5, 0.6) is 0 Å². The summed E-state index contributed by atoms with van der Waals surface area (Å²) in [5.41, 5.74) is 2.50. The van der Waals surface area contributed by atoms with Crippen LogP contribution in [0.4, 0.5) is 17.1 Å². The molecule has 4 N–H and O–H groups in total. The maximum atomic E-state index is 10.9. The van der Waals surface area contributed by atoms with Crippen LogP contribution >= 0.6 is 0 Å². The van der Waals surface area contributed by atoms with Gasteiger partial charge < -0.3 is 16.2 Å². The van der Waals surface area contributed by atoms with Crippen LogP contribution in [0.1, 0.15) is 0 Å². The van der Waals surface area contributed by atoms with E-state index in [0.29, 0.717) is 12.1 Å². The van der Waals surface area contributed by atoms with E-state index in [0.717, 1.165) is 12.1 Å². The Bertz CT molecular complexity index is 667. The molecule has 0 bridgehead atoms. The molecule has 0 unspecified atom stereocenters. The normalized spacial score (nSPS) is 10.8. The van der Waals surface area contributed by atoms with Gasteiger partial charge in [-0.05, 0) is 6.07 Å². The zero-order chi connectivity index (χ0) is 16.2. The van der Waals surface area contributed by atoms with E-state index in [4.69, 9.17) is 10.8 Å². The van der Waals surface area contributed by atoms with E-state index in [2.05, 4.69) is 5.32 Å². The first kappa shape index (κ1) is 15.6. The minimum atomic E-state index is -1.58. The number of rotatable bonds is 6. The van der Waals surface area contributed by atoms with Gasteiger partial charge in [-0.25, -0.2) is 4.79 Å². The number of benzene rings is 1. The molecule has 1 rings (SSSR count). The monoisotopic (exact) mass is 296 g/mol. The third kappa shape index (κ3) is 3.99. The number of anilines is 1. The number of amides is 1. The number of carbonyl (C=O) groups is 2. The van der Waals surface area contributed by atoms with Gasteiger partial charge in [-0.15, -0.1) is 0 Å². The molecular formula is C10H8N4O7. The Hall–Kier alpha value is -3.50. The number of aliphatic carboxylic acids is 1. The Labute approximate surface area is 116 Å². The molecule has 0 aliphatic rings. The number of nitro groups is 2. The zero-order valence-electron chi connectivity index (χ0n) is 10.2. The fraction of sp³-hybridized carbons (Fsp3) is 0. The van der Waals surface area contributed by atoms with E-state index < -0.39 is 38.8 Å². The number of non-ortho nitro benzene ring substituents is 1. The molecular weight excluding hydrogens is 288 g/mol. The minimum Gasteiger partial charge on any atom is -0.477 e. The predicted molar refractivity (Wildman–Crippen MR) is 68.3 cm³/mol. The second kappa shape index (κ2) is 6.10. The number of carboxylic acid groups (broad SMARTS) is 1. The highest BCUT2D eigenvalue weighted by Gasteiger charge is 2.21. The van der Waals surface area contributed by atoms with Crippen molar-refractivity contribution in [2.24, 2.45) is 5.73 Å². The highest BCUT2D eigenvalue weighted by atomic mass is 16.6. The third-order valence-corrected chi connectivity index (χ3v) is 2.18. The quantitative estimate of drug-likeness (QED) is 0.382. The van der Waals surface area contributed by atoms with Gasteiger partial charge in [-0.3, -0.25) is 25.0 Å². The van der Waals surface area contributed by atoms with Crippen molar-refractivity contribution in [3.63, 3.8) is 0 Å². The molecule has 0 heterocycles. The van der Waals surface area contributed by atoms with Crippen molar-refractivity contribution in [1.29, 1.82) is 0 Å². The Morgan fingerprint density at radius 3 is 2.29 bits per heavy atom. The van der Waals surface area contributed by atoms with Gasteiger partial charge in [0.15, 0.2) is 0 Å². The van der Waals surface area contributed by atoms with Crippen molar-refractivity contribution in [2.75, 3.05) is 5.32 Å². The molecule has 1 aromatic carbocycles. The number of carbonyl (C=O) groups excluding carboxylic acids is 1. The second-order valence-corrected chi connectivity index (χ2v) is 3.61. The maximum Gasteiger partial charge on any atom is 0.352 e. The second-order valence-electron chi connectivity index (χ2n) is 3.61. The summed E-state index contributed by atoms with van der Waals surface area (Å²) in [6.07, 6.45) is 0.521. The van der Waals surface area contributed by atoms with Crippen LogP contribution in [0, 0.1) is 20.2 Å². The van der Waals surface area contributed by atoms with Crippen LogP contribution in [-0.4, -0.2) is 26.8 Å². The van der Waals surface area contributed by atoms with Crippen molar-refractivity contribution in [3.05, 3.63) is 50.2 Å².